The normalized spacial score (nSPS) is 41.9. The highest BCUT2D eigenvalue weighted by molar-refractivity contribution is 8.01. The maximum atomic E-state index is 12.9. The third-order valence-electron chi connectivity index (χ3n) is 6.14. The van der Waals surface area contributed by atoms with Crippen molar-refractivity contribution in [3.05, 3.63) is 23.9 Å². The van der Waals surface area contributed by atoms with Crippen molar-refractivity contribution in [1.82, 2.24) is 5.32 Å². The first kappa shape index (κ1) is 15.5. The van der Waals surface area contributed by atoms with Gasteiger partial charge in [-0.3, -0.25) is 9.79 Å². The number of allylic oxidation sites excluding steroid dienone is 3. The van der Waals surface area contributed by atoms with Gasteiger partial charge in [0.05, 0.1) is 16.4 Å². The fourth-order valence-electron chi connectivity index (χ4n) is 4.65. The van der Waals surface area contributed by atoms with Crippen LogP contribution in [0, 0.1) is 17.8 Å². The number of thioether (sulfide) groups is 1. The Hall–Kier alpha value is -1.03. The van der Waals surface area contributed by atoms with Gasteiger partial charge in [-0.1, -0.05) is 19.1 Å². The smallest absolute Gasteiger partial charge is 0.224 e. The lowest BCUT2D eigenvalue weighted by Gasteiger charge is -2.39. The molecule has 3 atom stereocenters. The Morgan fingerprint density at radius 2 is 2.17 bits per heavy atom. The van der Waals surface area contributed by atoms with Gasteiger partial charge in [-0.15, -0.1) is 11.8 Å². The van der Waals surface area contributed by atoms with Gasteiger partial charge in [-0.05, 0) is 56.4 Å². The van der Waals surface area contributed by atoms with Crippen LogP contribution in [-0.2, 0) is 4.79 Å². The molecule has 124 valence electrons. The second kappa shape index (κ2) is 6.12. The number of hydrogen-bond donors (Lipinski definition) is 1. The van der Waals surface area contributed by atoms with Gasteiger partial charge in [0.15, 0.2) is 0 Å². The molecule has 0 aromatic rings. The third kappa shape index (κ3) is 2.69. The van der Waals surface area contributed by atoms with Crippen molar-refractivity contribution in [3.8, 4) is 0 Å². The Morgan fingerprint density at radius 1 is 1.35 bits per heavy atom. The summed E-state index contributed by atoms with van der Waals surface area (Å²) in [5.41, 5.74) is 1.18. The van der Waals surface area contributed by atoms with Crippen molar-refractivity contribution in [2.45, 2.75) is 56.2 Å². The molecule has 0 bridgehead atoms. The van der Waals surface area contributed by atoms with E-state index >= 15 is 0 Å². The Labute approximate surface area is 143 Å². The zero-order valence-corrected chi connectivity index (χ0v) is 14.6. The van der Waals surface area contributed by atoms with Gasteiger partial charge >= 0.3 is 0 Å². The van der Waals surface area contributed by atoms with Crippen molar-refractivity contribution in [2.24, 2.45) is 22.7 Å². The van der Waals surface area contributed by atoms with E-state index in [0.717, 1.165) is 37.4 Å². The van der Waals surface area contributed by atoms with E-state index in [1.165, 1.54) is 18.5 Å². The van der Waals surface area contributed by atoms with Crippen LogP contribution < -0.4 is 5.32 Å². The van der Waals surface area contributed by atoms with Gasteiger partial charge in [0.25, 0.3) is 0 Å². The lowest BCUT2D eigenvalue weighted by atomic mass is 9.73. The fourth-order valence-corrected chi connectivity index (χ4v) is 6.47. The van der Waals surface area contributed by atoms with E-state index < -0.39 is 0 Å². The Bertz CT molecular complexity index is 574. The van der Waals surface area contributed by atoms with E-state index in [1.807, 2.05) is 18.0 Å². The van der Waals surface area contributed by atoms with Crippen LogP contribution in [0.5, 0.6) is 0 Å². The maximum Gasteiger partial charge on any atom is 0.224 e. The third-order valence-corrected chi connectivity index (χ3v) is 7.86. The van der Waals surface area contributed by atoms with E-state index in [2.05, 4.69) is 35.5 Å². The molecule has 4 rings (SSSR count). The van der Waals surface area contributed by atoms with Crippen LogP contribution >= 0.6 is 11.8 Å². The number of hydrogen-bond acceptors (Lipinski definition) is 3. The van der Waals surface area contributed by atoms with E-state index in [-0.39, 0.29) is 10.7 Å². The number of nitrogens with one attached hydrogen (secondary N) is 1. The number of aliphatic imine (C=N–C) groups is 1. The predicted molar refractivity (Wildman–Crippen MR) is 96.7 cm³/mol. The average molecular weight is 330 g/mol. The second-order valence-corrected chi connectivity index (χ2v) is 8.96. The minimum atomic E-state index is 0.0621. The minimum absolute atomic E-state index is 0.0621. The summed E-state index contributed by atoms with van der Waals surface area (Å²) in [6, 6.07) is 0.402. The fraction of sp³-hybridized carbons (Fsp3) is 0.684. The molecule has 1 saturated carbocycles. The Kier molecular flexibility index (Phi) is 4.12. The van der Waals surface area contributed by atoms with Crippen LogP contribution in [0.1, 0.15) is 45.4 Å². The van der Waals surface area contributed by atoms with Crippen LogP contribution in [0.4, 0.5) is 0 Å². The van der Waals surface area contributed by atoms with Gasteiger partial charge in [-0.2, -0.15) is 0 Å². The summed E-state index contributed by atoms with van der Waals surface area (Å²) >= 11 is 1.96. The number of carbonyl (C=O) groups is 1. The molecule has 0 aromatic carbocycles. The van der Waals surface area contributed by atoms with Crippen molar-refractivity contribution in [3.63, 3.8) is 0 Å². The number of rotatable bonds is 2. The average Bonchev–Trinajstić information content (AvgIpc) is 2.95. The van der Waals surface area contributed by atoms with E-state index in [0.29, 0.717) is 17.9 Å². The van der Waals surface area contributed by atoms with E-state index in [9.17, 15) is 4.79 Å². The number of nitrogens with zero attached hydrogens (tertiary/aromatic N) is 1. The van der Waals surface area contributed by atoms with Crippen molar-refractivity contribution >= 4 is 23.9 Å². The molecule has 3 unspecified atom stereocenters. The first-order valence-electron chi connectivity index (χ1n) is 9.03. The van der Waals surface area contributed by atoms with Crippen molar-refractivity contribution in [2.75, 3.05) is 5.75 Å². The van der Waals surface area contributed by atoms with E-state index in [1.54, 1.807) is 0 Å². The SMILES string of the molecule is CC1CCC(NC(=O)C2CSC34CC=CC=C3N=CCC24)CC1. The molecule has 0 radical (unpaired) electrons. The number of amides is 1. The molecule has 2 fully saturated rings. The summed E-state index contributed by atoms with van der Waals surface area (Å²) in [6.07, 6.45) is 15.3. The molecule has 2 heterocycles. The molecule has 23 heavy (non-hydrogen) atoms. The van der Waals surface area contributed by atoms with E-state index in [4.69, 9.17) is 0 Å². The van der Waals surface area contributed by atoms with Gasteiger partial charge in [0.1, 0.15) is 0 Å². The summed E-state index contributed by atoms with van der Waals surface area (Å²) in [4.78, 5) is 17.5. The van der Waals surface area contributed by atoms with Gasteiger partial charge in [0.2, 0.25) is 5.91 Å². The molecular formula is C19H26N2OS. The molecule has 2 aliphatic heterocycles. The molecule has 1 saturated heterocycles. The zero-order valence-electron chi connectivity index (χ0n) is 13.8. The zero-order chi connectivity index (χ0) is 15.9. The van der Waals surface area contributed by atoms with Gasteiger partial charge in [0, 0.05) is 18.0 Å². The summed E-state index contributed by atoms with van der Waals surface area (Å²) in [6.45, 7) is 2.32. The lowest BCUT2D eigenvalue weighted by Crippen LogP contribution is -2.46. The topological polar surface area (TPSA) is 41.5 Å². The summed E-state index contributed by atoms with van der Waals surface area (Å²) in [7, 11) is 0. The second-order valence-electron chi connectivity index (χ2n) is 7.61. The standard InChI is InChI=1S/C19H26N2OS/c1-13-5-7-14(8-6-13)21-18(22)15-12-23-19-10-3-2-4-17(19)20-11-9-16(15)19/h2-4,11,13-16H,5-10,12H2,1H3,(H,21,22). The van der Waals surface area contributed by atoms with Crippen LogP contribution in [0.25, 0.3) is 0 Å². The van der Waals surface area contributed by atoms with Crippen molar-refractivity contribution < 1.29 is 4.79 Å². The largest absolute Gasteiger partial charge is 0.353 e. The maximum absolute atomic E-state index is 12.9. The number of carbonyl (C=O) groups excluding carboxylic acids is 1. The minimum Gasteiger partial charge on any atom is -0.353 e. The predicted octanol–water partition coefficient (Wildman–Crippen LogP) is 3.72. The van der Waals surface area contributed by atoms with Crippen LogP contribution in [0.15, 0.2) is 28.9 Å². The van der Waals surface area contributed by atoms with Crippen LogP contribution in [0.3, 0.4) is 0 Å². The Balaban J connectivity index is 1.46. The molecule has 2 aliphatic carbocycles. The molecule has 0 aromatic heterocycles. The highest BCUT2D eigenvalue weighted by atomic mass is 32.2. The molecule has 1 N–H and O–H groups in total. The van der Waals surface area contributed by atoms with Gasteiger partial charge < -0.3 is 5.32 Å². The first-order valence-corrected chi connectivity index (χ1v) is 10.0. The highest BCUT2D eigenvalue weighted by Gasteiger charge is 2.54. The summed E-state index contributed by atoms with van der Waals surface area (Å²) in [5.74, 6) is 2.60. The first-order chi connectivity index (χ1) is 11.2. The van der Waals surface area contributed by atoms with Crippen LogP contribution in [-0.4, -0.2) is 28.7 Å². The van der Waals surface area contributed by atoms with Gasteiger partial charge in [-0.25, -0.2) is 0 Å². The summed E-state index contributed by atoms with van der Waals surface area (Å²) in [5, 5.41) is 3.37. The molecule has 3 nitrogen and oxygen atoms in total. The molecular weight excluding hydrogens is 304 g/mol. The monoisotopic (exact) mass is 330 g/mol. The van der Waals surface area contributed by atoms with Crippen molar-refractivity contribution in [1.29, 1.82) is 0 Å². The molecule has 1 spiro atoms. The highest BCUT2D eigenvalue weighted by Crippen LogP contribution is 2.57. The molecule has 4 heteroatoms. The quantitative estimate of drug-likeness (QED) is 0.838. The molecule has 1 amide bonds. The lowest BCUT2D eigenvalue weighted by molar-refractivity contribution is -0.126. The van der Waals surface area contributed by atoms with Crippen LogP contribution in [0.2, 0.25) is 0 Å². The molecule has 4 aliphatic rings. The Morgan fingerprint density at radius 3 is 3.00 bits per heavy atom. The summed E-state index contributed by atoms with van der Waals surface area (Å²) < 4.78 is 0.0621.